The van der Waals surface area contributed by atoms with Crippen LogP contribution in [-0.4, -0.2) is 64.3 Å². The zero-order valence-corrected chi connectivity index (χ0v) is 16.5. The van der Waals surface area contributed by atoms with Crippen LogP contribution in [0.4, 0.5) is 0 Å². The second-order valence-electron chi connectivity index (χ2n) is 7.31. The van der Waals surface area contributed by atoms with Crippen LogP contribution >= 0.6 is 11.8 Å². The van der Waals surface area contributed by atoms with Gasteiger partial charge in [-0.15, -0.1) is 10.2 Å². The molecule has 0 unspecified atom stereocenters. The summed E-state index contributed by atoms with van der Waals surface area (Å²) in [6.45, 7) is 3.88. The molecule has 2 aliphatic heterocycles. The van der Waals surface area contributed by atoms with Gasteiger partial charge in [0.15, 0.2) is 15.0 Å². The third-order valence-corrected chi connectivity index (χ3v) is 7.90. The molecule has 9 heteroatoms. The minimum Gasteiger partial charge on any atom is -0.342 e. The molecular formula is C16H26N4O3S2. The second kappa shape index (κ2) is 7.65. The topological polar surface area (TPSA) is 85.2 Å². The van der Waals surface area contributed by atoms with E-state index in [-0.39, 0.29) is 23.3 Å². The molecule has 0 N–H and O–H groups in total. The van der Waals surface area contributed by atoms with E-state index in [9.17, 15) is 13.2 Å². The Morgan fingerprint density at radius 2 is 2.12 bits per heavy atom. The summed E-state index contributed by atoms with van der Waals surface area (Å²) in [5.41, 5.74) is 0. The van der Waals surface area contributed by atoms with E-state index in [0.29, 0.717) is 29.7 Å². The van der Waals surface area contributed by atoms with Crippen molar-refractivity contribution in [2.75, 3.05) is 30.3 Å². The number of rotatable bonds is 5. The van der Waals surface area contributed by atoms with E-state index < -0.39 is 9.84 Å². The lowest BCUT2D eigenvalue weighted by molar-refractivity contribution is -0.130. The molecule has 0 saturated carbocycles. The number of hydrogen-bond acceptors (Lipinski definition) is 6. The summed E-state index contributed by atoms with van der Waals surface area (Å²) >= 11 is 1.41. The van der Waals surface area contributed by atoms with Gasteiger partial charge in [-0.1, -0.05) is 18.7 Å². The predicted molar refractivity (Wildman–Crippen MR) is 97.2 cm³/mol. The van der Waals surface area contributed by atoms with Gasteiger partial charge in [-0.25, -0.2) is 8.42 Å². The third-order valence-electron chi connectivity index (χ3n) is 5.06. The monoisotopic (exact) mass is 386 g/mol. The summed E-state index contributed by atoms with van der Waals surface area (Å²) < 4.78 is 25.1. The molecular weight excluding hydrogens is 360 g/mol. The Morgan fingerprint density at radius 1 is 1.32 bits per heavy atom. The summed E-state index contributed by atoms with van der Waals surface area (Å²) in [5, 5.41) is 9.10. The van der Waals surface area contributed by atoms with Gasteiger partial charge in [0.05, 0.1) is 17.3 Å². The maximum atomic E-state index is 12.4. The zero-order valence-electron chi connectivity index (χ0n) is 14.8. The van der Waals surface area contributed by atoms with Crippen LogP contribution in [0, 0.1) is 11.8 Å². The Balaban J connectivity index is 1.53. The first-order valence-corrected chi connectivity index (χ1v) is 11.6. The number of aromatic nitrogens is 3. The van der Waals surface area contributed by atoms with Crippen LogP contribution < -0.4 is 0 Å². The molecule has 0 spiro atoms. The van der Waals surface area contributed by atoms with Crippen LogP contribution in [0.2, 0.25) is 0 Å². The molecule has 0 bridgehead atoms. The number of piperidine rings is 1. The third kappa shape index (κ3) is 4.75. The summed E-state index contributed by atoms with van der Waals surface area (Å²) in [7, 11) is -0.989. The van der Waals surface area contributed by atoms with Gasteiger partial charge in [0.2, 0.25) is 5.91 Å². The molecule has 140 valence electrons. The summed E-state index contributed by atoms with van der Waals surface area (Å²) in [4.78, 5) is 14.3. The number of nitrogens with zero attached hydrogens (tertiary/aromatic N) is 4. The molecule has 25 heavy (non-hydrogen) atoms. The Kier molecular flexibility index (Phi) is 5.72. The highest BCUT2D eigenvalue weighted by atomic mass is 32.2. The Morgan fingerprint density at radius 3 is 2.80 bits per heavy atom. The minimum atomic E-state index is -2.87. The van der Waals surface area contributed by atoms with Crippen molar-refractivity contribution >= 4 is 27.5 Å². The fraction of sp³-hybridized carbons (Fsp3) is 0.812. The highest BCUT2D eigenvalue weighted by Crippen LogP contribution is 2.24. The molecule has 2 atom stereocenters. The molecule has 2 saturated heterocycles. The van der Waals surface area contributed by atoms with Crippen molar-refractivity contribution in [2.45, 2.75) is 37.8 Å². The number of hydrogen-bond donors (Lipinski definition) is 0. The highest BCUT2D eigenvalue weighted by Gasteiger charge is 2.29. The summed E-state index contributed by atoms with van der Waals surface area (Å²) in [5.74, 6) is 2.55. The van der Waals surface area contributed by atoms with Crippen molar-refractivity contribution in [1.29, 1.82) is 0 Å². The van der Waals surface area contributed by atoms with Gasteiger partial charge in [-0.3, -0.25) is 4.79 Å². The number of sulfone groups is 1. The maximum Gasteiger partial charge on any atom is 0.233 e. The number of carbonyl (C=O) groups excluding carboxylic acids is 1. The van der Waals surface area contributed by atoms with Crippen LogP contribution in [-0.2, 0) is 28.1 Å². The van der Waals surface area contributed by atoms with Crippen LogP contribution in [0.5, 0.6) is 0 Å². The second-order valence-corrected chi connectivity index (χ2v) is 10.5. The molecule has 2 aliphatic rings. The Hall–Kier alpha value is -1.09. The van der Waals surface area contributed by atoms with E-state index in [1.54, 1.807) is 0 Å². The molecule has 0 aromatic carbocycles. The van der Waals surface area contributed by atoms with Crippen LogP contribution in [0.25, 0.3) is 0 Å². The first kappa shape index (κ1) is 18.7. The minimum absolute atomic E-state index is 0.127. The Labute approximate surface area is 153 Å². The fourth-order valence-corrected chi connectivity index (χ4v) is 6.27. The summed E-state index contributed by atoms with van der Waals surface area (Å²) in [6, 6.07) is 0. The van der Waals surface area contributed by atoms with Gasteiger partial charge in [-0.2, -0.15) is 0 Å². The van der Waals surface area contributed by atoms with E-state index in [0.717, 1.165) is 25.3 Å². The summed E-state index contributed by atoms with van der Waals surface area (Å²) in [6.07, 6.45) is 3.60. The van der Waals surface area contributed by atoms with Gasteiger partial charge in [0, 0.05) is 26.6 Å². The number of amides is 1. The predicted octanol–water partition coefficient (Wildman–Crippen LogP) is 1.14. The molecule has 1 aromatic rings. The van der Waals surface area contributed by atoms with Gasteiger partial charge in [0.25, 0.3) is 0 Å². The van der Waals surface area contributed by atoms with Crippen molar-refractivity contribution in [3.63, 3.8) is 0 Å². The van der Waals surface area contributed by atoms with E-state index in [2.05, 4.69) is 17.1 Å². The molecule has 0 aliphatic carbocycles. The van der Waals surface area contributed by atoms with Gasteiger partial charge in [-0.05, 0) is 31.1 Å². The van der Waals surface area contributed by atoms with Crippen molar-refractivity contribution in [1.82, 2.24) is 19.7 Å². The lowest BCUT2D eigenvalue weighted by Crippen LogP contribution is -2.40. The largest absolute Gasteiger partial charge is 0.342 e. The van der Waals surface area contributed by atoms with E-state index in [1.165, 1.54) is 18.2 Å². The molecule has 2 fully saturated rings. The average molecular weight is 387 g/mol. The quantitative estimate of drug-likeness (QED) is 0.706. The van der Waals surface area contributed by atoms with Crippen molar-refractivity contribution < 1.29 is 13.2 Å². The standard InChI is InChI=1S/C16H26N4O3S2/c1-12-4-3-6-20(9-12)15(21)10-24-16-18-17-14(19(16)2)8-13-5-7-25(22,23)11-13/h12-13H,3-11H2,1-2H3/t12-,13-/m0/s1. The lowest BCUT2D eigenvalue weighted by atomic mass is 10.0. The number of likely N-dealkylation sites (tertiary alicyclic amines) is 1. The Bertz CT molecular complexity index is 732. The maximum absolute atomic E-state index is 12.4. The number of carbonyl (C=O) groups is 1. The molecule has 0 radical (unpaired) electrons. The molecule has 7 nitrogen and oxygen atoms in total. The smallest absolute Gasteiger partial charge is 0.233 e. The molecule has 1 aromatic heterocycles. The van der Waals surface area contributed by atoms with Gasteiger partial charge >= 0.3 is 0 Å². The van der Waals surface area contributed by atoms with Crippen molar-refractivity contribution in [3.05, 3.63) is 5.82 Å². The van der Waals surface area contributed by atoms with Crippen molar-refractivity contribution in [2.24, 2.45) is 18.9 Å². The SMILES string of the molecule is C[C@H]1CCCN(C(=O)CSc2nnc(C[C@@H]3CCS(=O)(=O)C3)n2C)C1. The first-order valence-electron chi connectivity index (χ1n) is 8.83. The first-order chi connectivity index (χ1) is 11.8. The van der Waals surface area contributed by atoms with Crippen LogP contribution in [0.3, 0.4) is 0 Å². The van der Waals surface area contributed by atoms with Gasteiger partial charge in [0.1, 0.15) is 5.82 Å². The normalized spacial score (nSPS) is 26.1. The molecule has 3 rings (SSSR count). The van der Waals surface area contributed by atoms with Crippen LogP contribution in [0.15, 0.2) is 5.16 Å². The average Bonchev–Trinajstić information content (AvgIpc) is 3.08. The van der Waals surface area contributed by atoms with E-state index >= 15 is 0 Å². The fourth-order valence-electron chi connectivity index (χ4n) is 3.57. The molecule has 3 heterocycles. The van der Waals surface area contributed by atoms with Gasteiger partial charge < -0.3 is 9.47 Å². The molecule has 1 amide bonds. The van der Waals surface area contributed by atoms with Crippen molar-refractivity contribution in [3.8, 4) is 0 Å². The van der Waals surface area contributed by atoms with E-state index in [1.807, 2.05) is 16.5 Å². The van der Waals surface area contributed by atoms with Crippen LogP contribution in [0.1, 0.15) is 32.0 Å². The zero-order chi connectivity index (χ0) is 18.0. The van der Waals surface area contributed by atoms with E-state index in [4.69, 9.17) is 0 Å². The number of thioether (sulfide) groups is 1. The highest BCUT2D eigenvalue weighted by molar-refractivity contribution is 7.99. The lowest BCUT2D eigenvalue weighted by Gasteiger charge is -2.30.